The first kappa shape index (κ1) is 21.4. The number of pyridine rings is 2. The number of nitrogen functional groups attached to an aromatic ring is 1. The smallest absolute Gasteiger partial charge is 0.225 e. The third-order valence-electron chi connectivity index (χ3n) is 6.55. The van der Waals surface area contributed by atoms with Crippen LogP contribution in [0.1, 0.15) is 36.9 Å². The van der Waals surface area contributed by atoms with Crippen LogP contribution in [0.3, 0.4) is 0 Å². The molecule has 1 amide bonds. The van der Waals surface area contributed by atoms with Crippen molar-refractivity contribution in [2.45, 2.75) is 32.2 Å². The minimum absolute atomic E-state index is 0.0896. The average molecular weight is 424 g/mol. The van der Waals surface area contributed by atoms with E-state index in [-0.39, 0.29) is 23.6 Å². The summed E-state index contributed by atoms with van der Waals surface area (Å²) in [6, 6.07) is 6.90. The number of hydrogen-bond acceptors (Lipinski definition) is 5. The highest BCUT2D eigenvalue weighted by Crippen LogP contribution is 2.32. The number of anilines is 1. The maximum absolute atomic E-state index is 14.0. The lowest BCUT2D eigenvalue weighted by Crippen LogP contribution is -2.45. The fourth-order valence-corrected chi connectivity index (χ4v) is 4.71. The summed E-state index contributed by atoms with van der Waals surface area (Å²) in [5, 5.41) is 0. The van der Waals surface area contributed by atoms with Gasteiger partial charge in [0.15, 0.2) is 0 Å². The molecule has 4 rings (SSSR count). The Kier molecular flexibility index (Phi) is 6.61. The van der Waals surface area contributed by atoms with Crippen LogP contribution in [0, 0.1) is 17.7 Å². The zero-order valence-electron chi connectivity index (χ0n) is 17.8. The van der Waals surface area contributed by atoms with Gasteiger partial charge in [0.05, 0.1) is 0 Å². The van der Waals surface area contributed by atoms with E-state index in [1.165, 1.54) is 6.07 Å². The highest BCUT2D eigenvalue weighted by molar-refractivity contribution is 5.79. The highest BCUT2D eigenvalue weighted by Gasteiger charge is 2.32. The van der Waals surface area contributed by atoms with E-state index in [4.69, 9.17) is 5.73 Å². The van der Waals surface area contributed by atoms with E-state index < -0.39 is 0 Å². The Morgan fingerprint density at radius 2 is 1.77 bits per heavy atom. The summed E-state index contributed by atoms with van der Waals surface area (Å²) in [6.07, 6.45) is 6.71. The number of likely N-dealkylation sites (tertiary alicyclic amines) is 2. The van der Waals surface area contributed by atoms with Crippen molar-refractivity contribution < 1.29 is 9.18 Å². The molecular weight excluding hydrogens is 393 g/mol. The van der Waals surface area contributed by atoms with Crippen LogP contribution in [-0.4, -0.2) is 51.9 Å². The molecule has 2 aliphatic rings. The highest BCUT2D eigenvalue weighted by atomic mass is 19.1. The number of hydrogen-bond donors (Lipinski definition) is 1. The molecule has 31 heavy (non-hydrogen) atoms. The zero-order chi connectivity index (χ0) is 21.8. The van der Waals surface area contributed by atoms with Crippen molar-refractivity contribution in [2.75, 3.05) is 31.9 Å². The average Bonchev–Trinajstić information content (AvgIpc) is 2.79. The fraction of sp³-hybridized carbons (Fsp3) is 0.458. The van der Waals surface area contributed by atoms with Gasteiger partial charge >= 0.3 is 0 Å². The van der Waals surface area contributed by atoms with Gasteiger partial charge in [0, 0.05) is 37.9 Å². The number of halogens is 1. The maximum Gasteiger partial charge on any atom is 0.225 e. The van der Waals surface area contributed by atoms with Gasteiger partial charge in [0.2, 0.25) is 5.91 Å². The van der Waals surface area contributed by atoms with E-state index in [2.05, 4.69) is 21.4 Å². The summed E-state index contributed by atoms with van der Waals surface area (Å²) in [5.41, 5.74) is 8.03. The molecule has 2 saturated heterocycles. The Labute approximate surface area is 183 Å². The molecule has 7 heteroatoms. The Bertz CT molecular complexity index is 933. The Balaban J connectivity index is 1.25. The van der Waals surface area contributed by atoms with Crippen LogP contribution in [0.4, 0.5) is 10.2 Å². The molecule has 0 radical (unpaired) electrons. The van der Waals surface area contributed by atoms with Crippen LogP contribution in [0.5, 0.6) is 0 Å². The van der Waals surface area contributed by atoms with Crippen molar-refractivity contribution in [3.63, 3.8) is 0 Å². The van der Waals surface area contributed by atoms with Crippen LogP contribution in [0.15, 0.2) is 43.2 Å². The second-order valence-electron chi connectivity index (χ2n) is 8.60. The predicted octanol–water partition coefficient (Wildman–Crippen LogP) is 3.36. The Hall–Kier alpha value is -2.80. The number of piperidine rings is 2. The molecular formula is C24H30FN5O. The van der Waals surface area contributed by atoms with Crippen molar-refractivity contribution in [1.82, 2.24) is 19.8 Å². The van der Waals surface area contributed by atoms with Crippen LogP contribution in [-0.2, 0) is 11.3 Å². The molecule has 2 N–H and O–H groups in total. The molecule has 2 aromatic heterocycles. The number of carbonyl (C=O) groups is 1. The van der Waals surface area contributed by atoms with Crippen molar-refractivity contribution in [1.29, 1.82) is 0 Å². The minimum Gasteiger partial charge on any atom is -0.384 e. The largest absolute Gasteiger partial charge is 0.384 e. The van der Waals surface area contributed by atoms with E-state index in [1.54, 1.807) is 18.5 Å². The van der Waals surface area contributed by atoms with Crippen LogP contribution in [0.2, 0.25) is 0 Å². The molecule has 2 aromatic rings. The number of nitrogens with two attached hydrogens (primary N) is 1. The van der Waals surface area contributed by atoms with Gasteiger partial charge in [-0.1, -0.05) is 6.58 Å². The van der Waals surface area contributed by atoms with Gasteiger partial charge in [0.25, 0.3) is 0 Å². The summed E-state index contributed by atoms with van der Waals surface area (Å²) in [5.74, 6) is 0.738. The van der Waals surface area contributed by atoms with Crippen LogP contribution >= 0.6 is 0 Å². The molecule has 6 nitrogen and oxygen atoms in total. The molecule has 0 atom stereocenters. The van der Waals surface area contributed by atoms with Crippen molar-refractivity contribution in [3.8, 4) is 0 Å². The number of allylic oxidation sites excluding steroid dienone is 1. The summed E-state index contributed by atoms with van der Waals surface area (Å²) in [7, 11) is 0. The van der Waals surface area contributed by atoms with Crippen LogP contribution < -0.4 is 5.73 Å². The Morgan fingerprint density at radius 1 is 1.06 bits per heavy atom. The maximum atomic E-state index is 14.0. The normalized spacial score (nSPS) is 18.8. The monoisotopic (exact) mass is 423 g/mol. The van der Waals surface area contributed by atoms with Crippen LogP contribution in [0.25, 0.3) is 5.57 Å². The van der Waals surface area contributed by atoms with Gasteiger partial charge < -0.3 is 10.6 Å². The number of nitrogens with zero attached hydrogens (tertiary/aromatic N) is 4. The van der Waals surface area contributed by atoms with Crippen molar-refractivity contribution >= 4 is 17.3 Å². The third-order valence-corrected chi connectivity index (χ3v) is 6.55. The van der Waals surface area contributed by atoms with Gasteiger partial charge in [0.1, 0.15) is 17.3 Å². The van der Waals surface area contributed by atoms with E-state index >= 15 is 0 Å². The molecule has 0 aliphatic carbocycles. The standard InChI is InChI=1S/C24H30FN5O/c1-17(23-21(25)3-2-9-28-23)19-7-13-30(14-8-19)24(31)20-5-11-29(12-6-20)16-18-4-10-27-22(26)15-18/h2-4,9-10,15,19-20H,1,5-8,11-14,16H2,(H2,26,27). The molecule has 4 heterocycles. The van der Waals surface area contributed by atoms with Crippen molar-refractivity contribution in [3.05, 3.63) is 60.3 Å². The molecule has 0 aromatic carbocycles. The van der Waals surface area contributed by atoms with E-state index in [9.17, 15) is 9.18 Å². The summed E-state index contributed by atoms with van der Waals surface area (Å²) < 4.78 is 14.0. The van der Waals surface area contributed by atoms with Gasteiger partial charge in [-0.2, -0.15) is 0 Å². The van der Waals surface area contributed by atoms with E-state index in [0.717, 1.165) is 56.5 Å². The topological polar surface area (TPSA) is 75.4 Å². The number of carbonyl (C=O) groups excluding carboxylic acids is 1. The molecule has 2 fully saturated rings. The van der Waals surface area contributed by atoms with E-state index in [1.807, 2.05) is 17.0 Å². The second-order valence-corrected chi connectivity index (χ2v) is 8.60. The number of rotatable bonds is 5. The first-order valence-corrected chi connectivity index (χ1v) is 11.0. The first-order valence-electron chi connectivity index (χ1n) is 11.0. The van der Waals surface area contributed by atoms with Crippen molar-refractivity contribution in [2.24, 2.45) is 11.8 Å². The summed E-state index contributed by atoms with van der Waals surface area (Å²) in [4.78, 5) is 25.6. The Morgan fingerprint density at radius 3 is 2.45 bits per heavy atom. The SMILES string of the molecule is C=C(c1ncccc1F)C1CCN(C(=O)C2CCN(Cc3ccnc(N)c3)CC2)CC1. The van der Waals surface area contributed by atoms with Gasteiger partial charge in [-0.05, 0) is 80.1 Å². The molecule has 2 aliphatic heterocycles. The lowest BCUT2D eigenvalue weighted by Gasteiger charge is -2.37. The quantitative estimate of drug-likeness (QED) is 0.798. The lowest BCUT2D eigenvalue weighted by atomic mass is 9.86. The van der Waals surface area contributed by atoms with Gasteiger partial charge in [-0.15, -0.1) is 0 Å². The second kappa shape index (κ2) is 9.56. The summed E-state index contributed by atoms with van der Waals surface area (Å²) >= 11 is 0. The molecule has 0 bridgehead atoms. The van der Waals surface area contributed by atoms with Gasteiger partial charge in [-0.25, -0.2) is 9.37 Å². The van der Waals surface area contributed by atoms with E-state index in [0.29, 0.717) is 24.6 Å². The minimum atomic E-state index is -0.327. The number of aromatic nitrogens is 2. The van der Waals surface area contributed by atoms with Gasteiger partial charge in [-0.3, -0.25) is 14.7 Å². The molecule has 0 spiro atoms. The third kappa shape index (κ3) is 5.10. The molecule has 0 saturated carbocycles. The predicted molar refractivity (Wildman–Crippen MR) is 119 cm³/mol. The number of amides is 1. The zero-order valence-corrected chi connectivity index (χ0v) is 17.8. The lowest BCUT2D eigenvalue weighted by molar-refractivity contribution is -0.138. The molecule has 164 valence electrons. The fourth-order valence-electron chi connectivity index (χ4n) is 4.71. The summed E-state index contributed by atoms with van der Waals surface area (Å²) in [6.45, 7) is 8.15. The first-order chi connectivity index (χ1) is 15.0. The molecule has 0 unspecified atom stereocenters.